The number of rotatable bonds is 6. The van der Waals surface area contributed by atoms with E-state index in [0.717, 1.165) is 0 Å². The molecule has 1 aromatic carbocycles. The summed E-state index contributed by atoms with van der Waals surface area (Å²) >= 11 is 1.42. The molecule has 0 saturated heterocycles. The molecule has 0 aliphatic heterocycles. The first-order valence-electron chi connectivity index (χ1n) is 4.77. The van der Waals surface area contributed by atoms with Gasteiger partial charge in [0.05, 0.1) is 16.4 Å². The quantitative estimate of drug-likeness (QED) is 0.359. The summed E-state index contributed by atoms with van der Waals surface area (Å²) in [5.74, 6) is 0.699. The highest BCUT2D eigenvalue weighted by molar-refractivity contribution is 7.99. The van der Waals surface area contributed by atoms with Gasteiger partial charge >= 0.3 is 5.69 Å². The fourth-order valence-corrected chi connectivity index (χ4v) is 2.23. The summed E-state index contributed by atoms with van der Waals surface area (Å²) in [6.45, 7) is 0.575. The average Bonchev–Trinajstić information content (AvgIpc) is 2.28. The van der Waals surface area contributed by atoms with Gasteiger partial charge in [0.25, 0.3) is 0 Å². The maximum absolute atomic E-state index is 11.0. The maximum atomic E-state index is 11.0. The number of nitrogens with one attached hydrogen (secondary N) is 1. The van der Waals surface area contributed by atoms with Crippen LogP contribution in [0.3, 0.4) is 0 Å². The first-order valence-corrected chi connectivity index (χ1v) is 5.76. The average molecular weight is 242 g/mol. The third-order valence-corrected chi connectivity index (χ3v) is 3.01. The zero-order valence-corrected chi connectivity index (χ0v) is 10.0. The molecule has 5 nitrogen and oxygen atoms in total. The number of benzene rings is 1. The first kappa shape index (κ1) is 12.8. The number of ether oxygens (including phenoxy) is 1. The van der Waals surface area contributed by atoms with Crippen molar-refractivity contribution in [2.45, 2.75) is 4.90 Å². The number of para-hydroxylation sites is 1. The van der Waals surface area contributed by atoms with Crippen molar-refractivity contribution in [3.05, 3.63) is 28.3 Å². The molecule has 0 aliphatic carbocycles. The molecular weight excluding hydrogens is 228 g/mol. The van der Waals surface area contributed by atoms with Gasteiger partial charge in [0.1, 0.15) is 5.69 Å². The van der Waals surface area contributed by atoms with Crippen molar-refractivity contribution in [1.29, 1.82) is 0 Å². The van der Waals surface area contributed by atoms with E-state index in [1.165, 1.54) is 11.8 Å². The van der Waals surface area contributed by atoms with Crippen LogP contribution >= 0.6 is 11.8 Å². The Morgan fingerprint density at radius 3 is 2.88 bits per heavy atom. The highest BCUT2D eigenvalue weighted by atomic mass is 32.2. The highest BCUT2D eigenvalue weighted by Crippen LogP contribution is 2.35. The molecule has 0 unspecified atom stereocenters. The van der Waals surface area contributed by atoms with Gasteiger partial charge in [-0.25, -0.2) is 0 Å². The van der Waals surface area contributed by atoms with Crippen LogP contribution in [0.25, 0.3) is 0 Å². The lowest BCUT2D eigenvalue weighted by atomic mass is 10.3. The topological polar surface area (TPSA) is 64.4 Å². The number of anilines is 1. The third kappa shape index (κ3) is 3.11. The van der Waals surface area contributed by atoms with Crippen molar-refractivity contribution >= 4 is 23.1 Å². The minimum absolute atomic E-state index is 0.131. The van der Waals surface area contributed by atoms with Crippen LogP contribution in [0.4, 0.5) is 11.4 Å². The SMILES string of the molecule is CNc1cccc(SCCOC)c1[N+](=O)[O-]. The summed E-state index contributed by atoms with van der Waals surface area (Å²) in [6, 6.07) is 5.24. The van der Waals surface area contributed by atoms with Crippen LogP contribution in [-0.4, -0.2) is 31.4 Å². The van der Waals surface area contributed by atoms with Crippen LogP contribution in [0.2, 0.25) is 0 Å². The van der Waals surface area contributed by atoms with Crippen LogP contribution in [-0.2, 0) is 4.74 Å². The number of hydrogen-bond donors (Lipinski definition) is 1. The molecule has 1 rings (SSSR count). The third-order valence-electron chi connectivity index (χ3n) is 2.00. The van der Waals surface area contributed by atoms with Gasteiger partial charge in [-0.2, -0.15) is 0 Å². The second kappa shape index (κ2) is 6.34. The number of thioether (sulfide) groups is 1. The number of hydrogen-bond acceptors (Lipinski definition) is 5. The molecular formula is C10H14N2O3S. The van der Waals surface area contributed by atoms with Gasteiger partial charge < -0.3 is 10.1 Å². The minimum atomic E-state index is -0.360. The van der Waals surface area contributed by atoms with Gasteiger partial charge in [0.2, 0.25) is 0 Å². The molecule has 0 saturated carbocycles. The molecule has 0 aliphatic rings. The summed E-state index contributed by atoms with van der Waals surface area (Å²) in [7, 11) is 3.28. The second-order valence-electron chi connectivity index (χ2n) is 3.00. The summed E-state index contributed by atoms with van der Waals surface area (Å²) in [6.07, 6.45) is 0. The standard InChI is InChI=1S/C10H14N2O3S/c1-11-8-4-3-5-9(10(8)12(13)14)16-7-6-15-2/h3-5,11H,6-7H2,1-2H3. The normalized spacial score (nSPS) is 10.1. The van der Waals surface area contributed by atoms with Crippen LogP contribution in [0.1, 0.15) is 0 Å². The van der Waals surface area contributed by atoms with E-state index in [1.807, 2.05) is 0 Å². The Bertz CT molecular complexity index is 371. The van der Waals surface area contributed by atoms with Crippen molar-refractivity contribution in [3.63, 3.8) is 0 Å². The van der Waals surface area contributed by atoms with Crippen molar-refractivity contribution < 1.29 is 9.66 Å². The Hall–Kier alpha value is -1.27. The predicted molar refractivity (Wildman–Crippen MR) is 65.2 cm³/mol. The Balaban J connectivity index is 2.93. The molecule has 1 N–H and O–H groups in total. The highest BCUT2D eigenvalue weighted by Gasteiger charge is 2.18. The van der Waals surface area contributed by atoms with E-state index in [0.29, 0.717) is 22.9 Å². The zero-order valence-electron chi connectivity index (χ0n) is 9.23. The van der Waals surface area contributed by atoms with Crippen LogP contribution in [0.5, 0.6) is 0 Å². The van der Waals surface area contributed by atoms with Gasteiger partial charge in [-0.05, 0) is 12.1 Å². The van der Waals surface area contributed by atoms with Crippen LogP contribution in [0, 0.1) is 10.1 Å². The van der Waals surface area contributed by atoms with Gasteiger partial charge in [-0.15, -0.1) is 11.8 Å². The number of nitro groups is 1. The lowest BCUT2D eigenvalue weighted by Gasteiger charge is -2.06. The molecule has 0 amide bonds. The molecule has 0 atom stereocenters. The number of nitro benzene ring substituents is 1. The summed E-state index contributed by atoms with van der Waals surface area (Å²) in [5.41, 5.74) is 0.665. The molecule has 0 spiro atoms. The van der Waals surface area contributed by atoms with Crippen LogP contribution in [0.15, 0.2) is 23.1 Å². The molecule has 0 aromatic heterocycles. The second-order valence-corrected chi connectivity index (χ2v) is 4.14. The van der Waals surface area contributed by atoms with Crippen molar-refractivity contribution in [1.82, 2.24) is 0 Å². The van der Waals surface area contributed by atoms with Crippen molar-refractivity contribution in [3.8, 4) is 0 Å². The van der Waals surface area contributed by atoms with Gasteiger partial charge in [-0.1, -0.05) is 6.07 Å². The number of nitrogens with zero attached hydrogens (tertiary/aromatic N) is 1. The van der Waals surface area contributed by atoms with E-state index in [1.54, 1.807) is 32.4 Å². The van der Waals surface area contributed by atoms with E-state index in [2.05, 4.69) is 5.32 Å². The molecule has 0 heterocycles. The molecule has 88 valence electrons. The molecule has 0 bridgehead atoms. The maximum Gasteiger partial charge on any atom is 0.305 e. The van der Waals surface area contributed by atoms with E-state index >= 15 is 0 Å². The number of methoxy groups -OCH3 is 1. The monoisotopic (exact) mass is 242 g/mol. The van der Waals surface area contributed by atoms with Crippen molar-refractivity contribution in [2.75, 3.05) is 31.8 Å². The van der Waals surface area contributed by atoms with E-state index < -0.39 is 0 Å². The predicted octanol–water partition coefficient (Wildman–Crippen LogP) is 2.38. The van der Waals surface area contributed by atoms with Crippen LogP contribution < -0.4 is 5.32 Å². The van der Waals surface area contributed by atoms with Crippen molar-refractivity contribution in [2.24, 2.45) is 0 Å². The minimum Gasteiger partial charge on any atom is -0.384 e. The molecule has 0 fully saturated rings. The molecule has 0 radical (unpaired) electrons. The lowest BCUT2D eigenvalue weighted by Crippen LogP contribution is -1.99. The molecule has 16 heavy (non-hydrogen) atoms. The smallest absolute Gasteiger partial charge is 0.305 e. The largest absolute Gasteiger partial charge is 0.384 e. The molecule has 6 heteroatoms. The van der Waals surface area contributed by atoms with Gasteiger partial charge in [-0.3, -0.25) is 10.1 Å². The Morgan fingerprint density at radius 1 is 1.56 bits per heavy atom. The Kier molecular flexibility index (Phi) is 5.07. The lowest BCUT2D eigenvalue weighted by molar-refractivity contribution is -0.386. The first-order chi connectivity index (χ1) is 7.70. The zero-order chi connectivity index (χ0) is 12.0. The molecule has 1 aromatic rings. The van der Waals surface area contributed by atoms with E-state index in [4.69, 9.17) is 4.74 Å². The Labute approximate surface area is 98.3 Å². The van der Waals surface area contributed by atoms with Gasteiger partial charge in [0.15, 0.2) is 0 Å². The van der Waals surface area contributed by atoms with E-state index in [-0.39, 0.29) is 10.6 Å². The fraction of sp³-hybridized carbons (Fsp3) is 0.400. The summed E-state index contributed by atoms with van der Waals surface area (Å²) < 4.78 is 4.91. The van der Waals surface area contributed by atoms with E-state index in [9.17, 15) is 10.1 Å². The summed E-state index contributed by atoms with van der Waals surface area (Å²) in [4.78, 5) is 11.3. The Morgan fingerprint density at radius 2 is 2.31 bits per heavy atom. The fourth-order valence-electron chi connectivity index (χ4n) is 1.26. The summed E-state index contributed by atoms with van der Waals surface area (Å²) in [5, 5.41) is 13.8. The van der Waals surface area contributed by atoms with Gasteiger partial charge in [0, 0.05) is 19.9 Å².